The van der Waals surface area contributed by atoms with Crippen LogP contribution >= 0.6 is 0 Å². The lowest BCUT2D eigenvalue weighted by molar-refractivity contribution is -0.134. The smallest absolute Gasteiger partial charge is 0.223 e. The van der Waals surface area contributed by atoms with Crippen LogP contribution in [0.25, 0.3) is 0 Å². The van der Waals surface area contributed by atoms with E-state index in [0.29, 0.717) is 19.4 Å². The van der Waals surface area contributed by atoms with E-state index >= 15 is 0 Å². The normalized spacial score (nSPS) is 15.9. The van der Waals surface area contributed by atoms with E-state index in [4.69, 9.17) is 4.84 Å². The van der Waals surface area contributed by atoms with Crippen molar-refractivity contribution in [2.24, 2.45) is 11.1 Å². The number of halogens is 2. The van der Waals surface area contributed by atoms with Gasteiger partial charge in [-0.2, -0.15) is 0 Å². The van der Waals surface area contributed by atoms with E-state index in [-0.39, 0.29) is 30.0 Å². The molecule has 0 unspecified atom stereocenters. The zero-order chi connectivity index (χ0) is 21.0. The van der Waals surface area contributed by atoms with E-state index in [1.807, 2.05) is 45.0 Å². The van der Waals surface area contributed by atoms with Crippen LogP contribution in [-0.2, 0) is 16.2 Å². The highest BCUT2D eigenvalue weighted by atomic mass is 19.1. The Morgan fingerprint density at radius 3 is 2.69 bits per heavy atom. The van der Waals surface area contributed by atoms with Crippen LogP contribution in [0.5, 0.6) is 0 Å². The number of carbonyl (C=O) groups excluding carboxylic acids is 1. The molecule has 0 N–H and O–H groups in total. The summed E-state index contributed by atoms with van der Waals surface area (Å²) in [7, 11) is 0. The molecular formula is C23H26F2N2O2. The Hall–Kier alpha value is -2.76. The fourth-order valence-corrected chi connectivity index (χ4v) is 3.42. The van der Waals surface area contributed by atoms with Crippen molar-refractivity contribution in [3.05, 3.63) is 70.8 Å². The minimum Gasteiger partial charge on any atom is -0.390 e. The summed E-state index contributed by atoms with van der Waals surface area (Å²) in [6.45, 7) is 6.29. The van der Waals surface area contributed by atoms with E-state index in [2.05, 4.69) is 5.16 Å². The molecule has 0 saturated carbocycles. The molecule has 1 aliphatic heterocycles. The summed E-state index contributed by atoms with van der Waals surface area (Å²) in [6.07, 6.45) is 0.618. The van der Waals surface area contributed by atoms with E-state index in [1.54, 1.807) is 4.90 Å². The molecular weight excluding hydrogens is 374 g/mol. The quantitative estimate of drug-likeness (QED) is 0.667. The van der Waals surface area contributed by atoms with E-state index in [0.717, 1.165) is 22.9 Å². The molecule has 1 heterocycles. The van der Waals surface area contributed by atoms with Crippen LogP contribution in [0.1, 0.15) is 43.4 Å². The lowest BCUT2D eigenvalue weighted by Crippen LogP contribution is -2.38. The number of rotatable bonds is 7. The van der Waals surface area contributed by atoms with Gasteiger partial charge in [0.05, 0.1) is 12.3 Å². The van der Waals surface area contributed by atoms with Gasteiger partial charge in [0.25, 0.3) is 0 Å². The highest BCUT2D eigenvalue weighted by Gasteiger charge is 2.28. The molecule has 4 nitrogen and oxygen atoms in total. The second kappa shape index (κ2) is 9.16. The van der Waals surface area contributed by atoms with Gasteiger partial charge in [0.15, 0.2) is 6.10 Å². The van der Waals surface area contributed by atoms with Gasteiger partial charge < -0.3 is 9.74 Å². The van der Waals surface area contributed by atoms with Crippen molar-refractivity contribution in [3.8, 4) is 0 Å². The molecule has 0 radical (unpaired) electrons. The minimum absolute atomic E-state index is 0.0667. The number of hydrogen-bond donors (Lipinski definition) is 0. The third-order valence-corrected chi connectivity index (χ3v) is 4.92. The van der Waals surface area contributed by atoms with Crippen LogP contribution in [0.4, 0.5) is 8.78 Å². The van der Waals surface area contributed by atoms with E-state index in [9.17, 15) is 13.6 Å². The Morgan fingerprint density at radius 1 is 1.24 bits per heavy atom. The number of hydrogen-bond acceptors (Lipinski definition) is 3. The molecule has 0 saturated heterocycles. The van der Waals surface area contributed by atoms with Crippen molar-refractivity contribution in [2.45, 2.75) is 46.3 Å². The van der Waals surface area contributed by atoms with E-state index < -0.39 is 11.6 Å². The first kappa shape index (κ1) is 21.0. The largest absolute Gasteiger partial charge is 0.390 e. The van der Waals surface area contributed by atoms with Gasteiger partial charge in [-0.1, -0.05) is 49.3 Å². The van der Waals surface area contributed by atoms with Gasteiger partial charge in [-0.3, -0.25) is 4.79 Å². The Morgan fingerprint density at radius 2 is 2.00 bits per heavy atom. The standard InChI is InChI=1S/C23H26F2N2O2/c1-15(2)10-23(28)27(13-17-8-9-18(24)11-21(17)25)14-19-12-22(26-29-19)20-7-5-4-6-16(20)3/h4-9,11,15,19H,10,12-14H2,1-3H3/t19-/m0/s1. The summed E-state index contributed by atoms with van der Waals surface area (Å²) in [5, 5.41) is 4.21. The molecule has 2 aromatic rings. The first-order valence-electron chi connectivity index (χ1n) is 9.84. The molecule has 0 spiro atoms. The van der Waals surface area contributed by atoms with Gasteiger partial charge in [0.2, 0.25) is 5.91 Å². The molecule has 2 aromatic carbocycles. The van der Waals surface area contributed by atoms with Crippen molar-refractivity contribution < 1.29 is 18.4 Å². The number of nitrogens with zero attached hydrogens (tertiary/aromatic N) is 2. The van der Waals surface area contributed by atoms with Gasteiger partial charge in [-0.25, -0.2) is 8.78 Å². The van der Waals surface area contributed by atoms with Crippen molar-refractivity contribution in [1.29, 1.82) is 0 Å². The summed E-state index contributed by atoms with van der Waals surface area (Å²) < 4.78 is 27.4. The van der Waals surface area contributed by atoms with Crippen LogP contribution in [-0.4, -0.2) is 29.2 Å². The maximum absolute atomic E-state index is 14.1. The maximum Gasteiger partial charge on any atom is 0.223 e. The monoisotopic (exact) mass is 400 g/mol. The second-order valence-electron chi connectivity index (χ2n) is 7.89. The van der Waals surface area contributed by atoms with Crippen LogP contribution in [0.15, 0.2) is 47.6 Å². The summed E-state index contributed by atoms with van der Waals surface area (Å²) in [4.78, 5) is 19.9. The first-order valence-corrected chi connectivity index (χ1v) is 9.84. The Balaban J connectivity index is 1.72. The summed E-state index contributed by atoms with van der Waals surface area (Å²) in [5.41, 5.74) is 3.26. The second-order valence-corrected chi connectivity index (χ2v) is 7.89. The zero-order valence-corrected chi connectivity index (χ0v) is 17.0. The highest BCUT2D eigenvalue weighted by Crippen LogP contribution is 2.22. The average molecular weight is 400 g/mol. The first-order chi connectivity index (χ1) is 13.8. The molecule has 1 atom stereocenters. The van der Waals surface area contributed by atoms with Crippen LogP contribution in [0.2, 0.25) is 0 Å². The molecule has 6 heteroatoms. The molecule has 0 aromatic heterocycles. The molecule has 1 amide bonds. The molecule has 154 valence electrons. The summed E-state index contributed by atoms with van der Waals surface area (Å²) in [6, 6.07) is 11.4. The van der Waals surface area contributed by atoms with Gasteiger partial charge in [-0.05, 0) is 24.5 Å². The third kappa shape index (κ3) is 5.40. The van der Waals surface area contributed by atoms with Crippen LogP contribution < -0.4 is 0 Å². The van der Waals surface area contributed by atoms with Crippen LogP contribution in [0.3, 0.4) is 0 Å². The average Bonchev–Trinajstić information content (AvgIpc) is 3.11. The summed E-state index contributed by atoms with van der Waals surface area (Å²) in [5.74, 6) is -1.21. The molecule has 0 bridgehead atoms. The van der Waals surface area contributed by atoms with Gasteiger partial charge in [0, 0.05) is 36.6 Å². The SMILES string of the molecule is Cc1ccccc1C1=NO[C@H](CN(Cc2ccc(F)cc2F)C(=O)CC(C)C)C1. The lowest BCUT2D eigenvalue weighted by atomic mass is 10.00. The molecule has 1 aliphatic rings. The Bertz CT molecular complexity index is 912. The number of amides is 1. The molecule has 3 rings (SSSR count). The number of aryl methyl sites for hydroxylation is 1. The van der Waals surface area contributed by atoms with Gasteiger partial charge in [0.1, 0.15) is 11.6 Å². The Labute approximate surface area is 170 Å². The minimum atomic E-state index is -0.656. The van der Waals surface area contributed by atoms with Crippen molar-refractivity contribution >= 4 is 11.6 Å². The lowest BCUT2D eigenvalue weighted by Gasteiger charge is -2.26. The third-order valence-electron chi connectivity index (χ3n) is 4.92. The van der Waals surface area contributed by atoms with Crippen molar-refractivity contribution in [3.63, 3.8) is 0 Å². The summed E-state index contributed by atoms with van der Waals surface area (Å²) >= 11 is 0. The highest BCUT2D eigenvalue weighted by molar-refractivity contribution is 6.02. The molecule has 29 heavy (non-hydrogen) atoms. The molecule has 0 fully saturated rings. The van der Waals surface area contributed by atoms with Gasteiger partial charge >= 0.3 is 0 Å². The number of carbonyl (C=O) groups is 1. The van der Waals surface area contributed by atoms with Crippen molar-refractivity contribution in [2.75, 3.05) is 6.54 Å². The predicted octanol–water partition coefficient (Wildman–Crippen LogP) is 4.84. The fraction of sp³-hybridized carbons (Fsp3) is 0.391. The maximum atomic E-state index is 14.1. The topological polar surface area (TPSA) is 41.9 Å². The zero-order valence-electron chi connectivity index (χ0n) is 17.0. The Kier molecular flexibility index (Phi) is 6.62. The predicted molar refractivity (Wildman–Crippen MR) is 108 cm³/mol. The number of benzene rings is 2. The van der Waals surface area contributed by atoms with Crippen molar-refractivity contribution in [1.82, 2.24) is 4.90 Å². The van der Waals surface area contributed by atoms with Gasteiger partial charge in [-0.15, -0.1) is 0 Å². The number of oxime groups is 1. The van der Waals surface area contributed by atoms with Crippen LogP contribution in [0, 0.1) is 24.5 Å². The van der Waals surface area contributed by atoms with E-state index in [1.165, 1.54) is 12.1 Å². The molecule has 0 aliphatic carbocycles. The fourth-order valence-electron chi connectivity index (χ4n) is 3.42.